The van der Waals surface area contributed by atoms with Crippen LogP contribution in [-0.2, 0) is 0 Å². The van der Waals surface area contributed by atoms with Gasteiger partial charge in [0.2, 0.25) is 0 Å². The maximum Gasteiger partial charge on any atom is 0.151 e. The summed E-state index contributed by atoms with van der Waals surface area (Å²) in [5.74, 6) is -0.576. The molecule has 24 heavy (non-hydrogen) atoms. The van der Waals surface area contributed by atoms with Crippen LogP contribution in [0.2, 0.25) is 0 Å². The van der Waals surface area contributed by atoms with Gasteiger partial charge in [0.15, 0.2) is 5.82 Å². The summed E-state index contributed by atoms with van der Waals surface area (Å²) in [6.07, 6.45) is 6.54. The second kappa shape index (κ2) is 7.56. The third-order valence-electron chi connectivity index (χ3n) is 4.68. The van der Waals surface area contributed by atoms with Crippen molar-refractivity contribution < 1.29 is 8.78 Å². The van der Waals surface area contributed by atoms with E-state index >= 15 is 0 Å². The summed E-state index contributed by atoms with van der Waals surface area (Å²) in [4.78, 5) is 0. The van der Waals surface area contributed by atoms with Crippen molar-refractivity contribution >= 4 is 11.4 Å². The van der Waals surface area contributed by atoms with E-state index in [0.717, 1.165) is 17.3 Å². The Balaban J connectivity index is 1.68. The van der Waals surface area contributed by atoms with Crippen LogP contribution in [0.25, 0.3) is 0 Å². The average molecular weight is 328 g/mol. The van der Waals surface area contributed by atoms with Gasteiger partial charge in [-0.1, -0.05) is 43.5 Å². The summed E-state index contributed by atoms with van der Waals surface area (Å²) in [5, 5.41) is 4.20. The average Bonchev–Trinajstić information content (AvgIpc) is 2.62. The number of benzene rings is 2. The van der Waals surface area contributed by atoms with Crippen molar-refractivity contribution in [2.75, 3.05) is 5.43 Å². The van der Waals surface area contributed by atoms with E-state index < -0.39 is 11.6 Å². The number of hydrogen-bond acceptors (Lipinski definition) is 2. The summed E-state index contributed by atoms with van der Waals surface area (Å²) >= 11 is 0. The van der Waals surface area contributed by atoms with E-state index in [1.165, 1.54) is 49.8 Å². The van der Waals surface area contributed by atoms with Gasteiger partial charge in [-0.05, 0) is 48.9 Å². The van der Waals surface area contributed by atoms with Crippen LogP contribution < -0.4 is 5.43 Å². The highest BCUT2D eigenvalue weighted by Gasteiger charge is 2.15. The molecule has 0 aliphatic heterocycles. The molecule has 4 heteroatoms. The Hall–Kier alpha value is -2.23. The molecule has 0 saturated heterocycles. The molecule has 0 bridgehead atoms. The van der Waals surface area contributed by atoms with Crippen LogP contribution >= 0.6 is 0 Å². The van der Waals surface area contributed by atoms with Crippen molar-refractivity contribution in [1.29, 1.82) is 0 Å². The van der Waals surface area contributed by atoms with Crippen molar-refractivity contribution in [3.05, 3.63) is 65.2 Å². The third kappa shape index (κ3) is 3.99. The zero-order chi connectivity index (χ0) is 16.9. The first-order valence-electron chi connectivity index (χ1n) is 8.49. The van der Waals surface area contributed by atoms with Gasteiger partial charge in [0.05, 0.1) is 11.4 Å². The normalized spacial score (nSPS) is 16.2. The molecule has 2 nitrogen and oxygen atoms in total. The summed E-state index contributed by atoms with van der Waals surface area (Å²) in [5.41, 5.74) is 5.97. The van der Waals surface area contributed by atoms with Gasteiger partial charge >= 0.3 is 0 Å². The first-order valence-corrected chi connectivity index (χ1v) is 8.49. The standard InChI is InChI=1S/C20H22F2N2/c1-14(23-24-20-12-11-18(21)13-19(20)22)15-7-9-17(10-8-15)16-5-3-2-4-6-16/h7-13,16,24H,2-6H2,1H3. The van der Waals surface area contributed by atoms with Gasteiger partial charge < -0.3 is 0 Å². The number of nitrogens with one attached hydrogen (secondary N) is 1. The lowest BCUT2D eigenvalue weighted by Crippen LogP contribution is -2.05. The van der Waals surface area contributed by atoms with Gasteiger partial charge in [-0.2, -0.15) is 5.10 Å². The van der Waals surface area contributed by atoms with E-state index in [-0.39, 0.29) is 5.69 Å². The van der Waals surface area contributed by atoms with Gasteiger partial charge in [0.25, 0.3) is 0 Å². The Bertz CT molecular complexity index is 717. The number of hydrogen-bond donors (Lipinski definition) is 1. The second-order valence-corrected chi connectivity index (χ2v) is 6.39. The minimum atomic E-state index is -0.654. The molecule has 0 spiro atoms. The van der Waals surface area contributed by atoms with E-state index in [0.29, 0.717) is 5.92 Å². The fraction of sp³-hybridized carbons (Fsp3) is 0.350. The molecule has 0 radical (unpaired) electrons. The fourth-order valence-corrected chi connectivity index (χ4v) is 3.22. The zero-order valence-corrected chi connectivity index (χ0v) is 13.9. The molecular weight excluding hydrogens is 306 g/mol. The van der Waals surface area contributed by atoms with E-state index in [2.05, 4.69) is 34.8 Å². The minimum absolute atomic E-state index is 0.162. The second-order valence-electron chi connectivity index (χ2n) is 6.39. The van der Waals surface area contributed by atoms with Gasteiger partial charge in [0.1, 0.15) is 5.82 Å². The van der Waals surface area contributed by atoms with Crippen LogP contribution in [0.5, 0.6) is 0 Å². The number of hydrazone groups is 1. The van der Waals surface area contributed by atoms with Gasteiger partial charge in [-0.25, -0.2) is 8.78 Å². The SMILES string of the molecule is CC(=NNc1ccc(F)cc1F)c1ccc(C2CCCCC2)cc1. The Morgan fingerprint density at radius 3 is 2.38 bits per heavy atom. The van der Waals surface area contributed by atoms with Gasteiger partial charge in [0, 0.05) is 6.07 Å². The van der Waals surface area contributed by atoms with Gasteiger partial charge in [-0.3, -0.25) is 5.43 Å². The number of rotatable bonds is 4. The summed E-state index contributed by atoms with van der Waals surface area (Å²) in [6, 6.07) is 11.8. The van der Waals surface area contributed by atoms with Crippen molar-refractivity contribution in [2.45, 2.75) is 44.9 Å². The number of nitrogens with zero attached hydrogens (tertiary/aromatic N) is 1. The zero-order valence-electron chi connectivity index (χ0n) is 13.9. The van der Waals surface area contributed by atoms with Crippen molar-refractivity contribution in [3.8, 4) is 0 Å². The van der Waals surface area contributed by atoms with E-state index in [1.54, 1.807) is 0 Å². The molecule has 126 valence electrons. The maximum atomic E-state index is 13.6. The Labute approximate surface area is 141 Å². The van der Waals surface area contributed by atoms with Gasteiger partial charge in [-0.15, -0.1) is 0 Å². The van der Waals surface area contributed by atoms with Crippen LogP contribution in [0.15, 0.2) is 47.6 Å². The first-order chi connectivity index (χ1) is 11.6. The Morgan fingerprint density at radius 1 is 1.00 bits per heavy atom. The molecule has 1 N–H and O–H groups in total. The molecule has 0 aromatic heterocycles. The summed E-state index contributed by atoms with van der Waals surface area (Å²) in [7, 11) is 0. The molecule has 2 aromatic carbocycles. The molecule has 0 amide bonds. The fourth-order valence-electron chi connectivity index (χ4n) is 3.22. The Kier molecular flexibility index (Phi) is 5.24. The van der Waals surface area contributed by atoms with Crippen LogP contribution in [-0.4, -0.2) is 5.71 Å². The number of anilines is 1. The lowest BCUT2D eigenvalue weighted by Gasteiger charge is -2.22. The highest BCUT2D eigenvalue weighted by atomic mass is 19.1. The minimum Gasteiger partial charge on any atom is -0.275 e. The van der Waals surface area contributed by atoms with Crippen molar-refractivity contribution in [2.24, 2.45) is 5.10 Å². The van der Waals surface area contributed by atoms with Crippen LogP contribution in [0.4, 0.5) is 14.5 Å². The molecular formula is C20H22F2N2. The largest absolute Gasteiger partial charge is 0.275 e. The lowest BCUT2D eigenvalue weighted by atomic mass is 9.84. The monoisotopic (exact) mass is 328 g/mol. The molecule has 2 aromatic rings. The predicted molar refractivity (Wildman–Crippen MR) is 94.5 cm³/mol. The quantitative estimate of drug-likeness (QED) is 0.552. The topological polar surface area (TPSA) is 24.4 Å². The molecule has 0 atom stereocenters. The molecule has 1 saturated carbocycles. The summed E-state index contributed by atoms with van der Waals surface area (Å²) in [6.45, 7) is 1.87. The predicted octanol–water partition coefficient (Wildman–Crippen LogP) is 5.85. The van der Waals surface area contributed by atoms with E-state index in [1.807, 2.05) is 6.92 Å². The maximum absolute atomic E-state index is 13.6. The van der Waals surface area contributed by atoms with Crippen LogP contribution in [0.3, 0.4) is 0 Å². The van der Waals surface area contributed by atoms with Crippen molar-refractivity contribution in [3.63, 3.8) is 0 Å². The lowest BCUT2D eigenvalue weighted by molar-refractivity contribution is 0.443. The van der Waals surface area contributed by atoms with E-state index in [9.17, 15) is 8.78 Å². The molecule has 1 aliphatic carbocycles. The highest BCUT2D eigenvalue weighted by Crippen LogP contribution is 2.32. The third-order valence-corrected chi connectivity index (χ3v) is 4.68. The number of halogens is 2. The molecule has 3 rings (SSSR count). The highest BCUT2D eigenvalue weighted by molar-refractivity contribution is 5.99. The smallest absolute Gasteiger partial charge is 0.151 e. The molecule has 0 heterocycles. The first kappa shape index (κ1) is 16.6. The van der Waals surface area contributed by atoms with Crippen molar-refractivity contribution in [1.82, 2.24) is 0 Å². The summed E-state index contributed by atoms with van der Waals surface area (Å²) < 4.78 is 26.5. The van der Waals surface area contributed by atoms with Crippen LogP contribution in [0.1, 0.15) is 56.1 Å². The molecule has 1 fully saturated rings. The molecule has 0 unspecified atom stereocenters. The Morgan fingerprint density at radius 2 is 1.71 bits per heavy atom. The molecule has 1 aliphatic rings. The van der Waals surface area contributed by atoms with Crippen LogP contribution in [0, 0.1) is 11.6 Å². The van der Waals surface area contributed by atoms with E-state index in [4.69, 9.17) is 0 Å².